The second-order valence-electron chi connectivity index (χ2n) is 6.63. The van der Waals surface area contributed by atoms with Crippen LogP contribution in [0.3, 0.4) is 0 Å². The summed E-state index contributed by atoms with van der Waals surface area (Å²) in [7, 11) is -1.38. The van der Waals surface area contributed by atoms with Crippen molar-refractivity contribution in [2.75, 3.05) is 52.1 Å². The Morgan fingerprint density at radius 3 is 2.29 bits per heavy atom. The van der Waals surface area contributed by atoms with E-state index in [-0.39, 0.29) is 29.7 Å². The Morgan fingerprint density at radius 2 is 1.75 bits per heavy atom. The molecule has 1 heterocycles. The summed E-state index contributed by atoms with van der Waals surface area (Å²) in [6.45, 7) is 8.53. The predicted octanol–water partition coefficient (Wildman–Crippen LogP) is 1.89. The number of piperazine rings is 1. The van der Waals surface area contributed by atoms with Gasteiger partial charge in [-0.2, -0.15) is 0 Å². The SMILES string of the molecule is CCC(c1ccccc1)N1CCN(C(=NC)NCCNS(=O)(=O)CC)CC1.I. The number of nitrogens with zero attached hydrogens (tertiary/aromatic N) is 3. The molecule has 28 heavy (non-hydrogen) atoms. The van der Waals surface area contributed by atoms with E-state index >= 15 is 0 Å². The minimum absolute atomic E-state index is 0. The van der Waals surface area contributed by atoms with Crippen LogP contribution in [0.1, 0.15) is 31.9 Å². The summed E-state index contributed by atoms with van der Waals surface area (Å²) in [5, 5.41) is 3.26. The number of hydrogen-bond donors (Lipinski definition) is 2. The highest BCUT2D eigenvalue weighted by Gasteiger charge is 2.25. The van der Waals surface area contributed by atoms with Crippen LogP contribution in [0.4, 0.5) is 0 Å². The van der Waals surface area contributed by atoms with E-state index in [1.807, 2.05) is 0 Å². The van der Waals surface area contributed by atoms with Crippen LogP contribution in [0.5, 0.6) is 0 Å². The quantitative estimate of drug-likeness (QED) is 0.236. The Kier molecular flexibility index (Phi) is 11.3. The molecule has 160 valence electrons. The molecule has 1 unspecified atom stereocenters. The molecule has 2 rings (SSSR count). The van der Waals surface area contributed by atoms with Crippen LogP contribution in [0.25, 0.3) is 0 Å². The van der Waals surface area contributed by atoms with E-state index in [0.717, 1.165) is 38.6 Å². The van der Waals surface area contributed by atoms with Crippen LogP contribution >= 0.6 is 24.0 Å². The van der Waals surface area contributed by atoms with Gasteiger partial charge in [-0.1, -0.05) is 37.3 Å². The van der Waals surface area contributed by atoms with Gasteiger partial charge < -0.3 is 10.2 Å². The number of aliphatic imine (C=N–C) groups is 1. The molecular weight excluding hydrogens is 489 g/mol. The van der Waals surface area contributed by atoms with Gasteiger partial charge >= 0.3 is 0 Å². The van der Waals surface area contributed by atoms with E-state index in [0.29, 0.717) is 19.1 Å². The Bertz CT molecular complexity index is 692. The van der Waals surface area contributed by atoms with Crippen LogP contribution < -0.4 is 10.0 Å². The molecule has 0 bridgehead atoms. The fourth-order valence-electron chi connectivity index (χ4n) is 3.44. The van der Waals surface area contributed by atoms with Gasteiger partial charge in [0.15, 0.2) is 5.96 Å². The van der Waals surface area contributed by atoms with Crippen LogP contribution in [-0.2, 0) is 10.0 Å². The number of halogens is 1. The lowest BCUT2D eigenvalue weighted by Crippen LogP contribution is -2.53. The second-order valence-corrected chi connectivity index (χ2v) is 8.73. The van der Waals surface area contributed by atoms with E-state index < -0.39 is 10.0 Å². The molecule has 9 heteroatoms. The molecule has 1 aromatic carbocycles. The minimum atomic E-state index is -3.15. The molecule has 7 nitrogen and oxygen atoms in total. The summed E-state index contributed by atoms with van der Waals surface area (Å²) >= 11 is 0. The number of rotatable bonds is 8. The first-order valence-electron chi connectivity index (χ1n) is 9.72. The van der Waals surface area contributed by atoms with Crippen molar-refractivity contribution in [1.82, 2.24) is 19.8 Å². The first-order chi connectivity index (χ1) is 13.0. The molecule has 0 aliphatic carbocycles. The lowest BCUT2D eigenvalue weighted by Gasteiger charge is -2.40. The molecule has 0 aromatic heterocycles. The standard InChI is InChI=1S/C19H33N5O2S.HI/c1-4-18(17-9-7-6-8-10-17)23-13-15-24(16-14-23)19(20-3)21-11-12-22-27(25,26)5-2;/h6-10,18,22H,4-5,11-16H2,1-3H3,(H,20,21);1H. The molecule has 0 amide bonds. The van der Waals surface area contributed by atoms with Gasteiger partial charge in [0.05, 0.1) is 5.75 Å². The number of guanidine groups is 1. The summed E-state index contributed by atoms with van der Waals surface area (Å²) in [5.74, 6) is 0.932. The Morgan fingerprint density at radius 1 is 1.11 bits per heavy atom. The largest absolute Gasteiger partial charge is 0.355 e. The summed E-state index contributed by atoms with van der Waals surface area (Å²) in [6, 6.07) is 11.1. The van der Waals surface area contributed by atoms with Crippen molar-refractivity contribution in [2.45, 2.75) is 26.3 Å². The summed E-state index contributed by atoms with van der Waals surface area (Å²) in [6.07, 6.45) is 1.09. The zero-order valence-corrected chi connectivity index (χ0v) is 20.2. The minimum Gasteiger partial charge on any atom is -0.355 e. The zero-order valence-electron chi connectivity index (χ0n) is 17.1. The van der Waals surface area contributed by atoms with E-state index in [1.54, 1.807) is 14.0 Å². The molecule has 0 radical (unpaired) electrons. The highest BCUT2D eigenvalue weighted by atomic mass is 127. The van der Waals surface area contributed by atoms with Crippen molar-refractivity contribution in [3.8, 4) is 0 Å². The van der Waals surface area contributed by atoms with Gasteiger partial charge in [-0.15, -0.1) is 24.0 Å². The topological polar surface area (TPSA) is 77.0 Å². The molecule has 1 aliphatic heterocycles. The van der Waals surface area contributed by atoms with Gasteiger partial charge in [-0.05, 0) is 18.9 Å². The molecule has 1 atom stereocenters. The van der Waals surface area contributed by atoms with Gasteiger partial charge in [-0.3, -0.25) is 9.89 Å². The van der Waals surface area contributed by atoms with Gasteiger partial charge in [0, 0.05) is 52.4 Å². The third-order valence-electron chi connectivity index (χ3n) is 4.95. The molecule has 1 fully saturated rings. The molecule has 1 aromatic rings. The Balaban J connectivity index is 0.00000392. The molecule has 2 N–H and O–H groups in total. The first-order valence-corrected chi connectivity index (χ1v) is 11.4. The lowest BCUT2D eigenvalue weighted by molar-refractivity contribution is 0.127. The third kappa shape index (κ3) is 7.49. The van der Waals surface area contributed by atoms with Crippen LogP contribution in [-0.4, -0.2) is 76.2 Å². The van der Waals surface area contributed by atoms with Crippen LogP contribution in [0.2, 0.25) is 0 Å². The molecule has 1 aliphatic rings. The maximum Gasteiger partial charge on any atom is 0.211 e. The van der Waals surface area contributed by atoms with Crippen molar-refractivity contribution in [2.24, 2.45) is 4.99 Å². The van der Waals surface area contributed by atoms with Crippen molar-refractivity contribution >= 4 is 40.0 Å². The highest BCUT2D eigenvalue weighted by Crippen LogP contribution is 2.25. The first kappa shape index (κ1) is 25.1. The molecule has 0 spiro atoms. The number of sulfonamides is 1. The summed E-state index contributed by atoms with van der Waals surface area (Å²) in [5.41, 5.74) is 1.37. The zero-order chi connectivity index (χ0) is 19.7. The van der Waals surface area contributed by atoms with Gasteiger partial charge in [0.25, 0.3) is 0 Å². The average molecular weight is 523 g/mol. The predicted molar refractivity (Wildman–Crippen MR) is 127 cm³/mol. The number of nitrogens with one attached hydrogen (secondary N) is 2. The summed E-state index contributed by atoms with van der Waals surface area (Å²) in [4.78, 5) is 9.12. The van der Waals surface area contributed by atoms with Gasteiger partial charge in [-0.25, -0.2) is 13.1 Å². The van der Waals surface area contributed by atoms with Crippen LogP contribution in [0, 0.1) is 0 Å². The second kappa shape index (κ2) is 12.6. The maximum atomic E-state index is 11.5. The van der Waals surface area contributed by atoms with Crippen molar-refractivity contribution in [3.05, 3.63) is 35.9 Å². The van der Waals surface area contributed by atoms with E-state index in [2.05, 4.69) is 62.1 Å². The van der Waals surface area contributed by atoms with E-state index in [9.17, 15) is 8.42 Å². The maximum absolute atomic E-state index is 11.5. The van der Waals surface area contributed by atoms with E-state index in [1.165, 1.54) is 5.56 Å². The van der Waals surface area contributed by atoms with Crippen molar-refractivity contribution in [3.63, 3.8) is 0 Å². The molecular formula is C19H34IN5O2S. The fraction of sp³-hybridized carbons (Fsp3) is 0.632. The summed E-state index contributed by atoms with van der Waals surface area (Å²) < 4.78 is 25.5. The smallest absolute Gasteiger partial charge is 0.211 e. The molecule has 0 saturated carbocycles. The van der Waals surface area contributed by atoms with E-state index in [4.69, 9.17) is 0 Å². The van der Waals surface area contributed by atoms with Crippen molar-refractivity contribution in [1.29, 1.82) is 0 Å². The highest BCUT2D eigenvalue weighted by molar-refractivity contribution is 14.0. The lowest BCUT2D eigenvalue weighted by atomic mass is 10.0. The fourth-order valence-corrected chi connectivity index (χ4v) is 4.06. The molecule has 1 saturated heterocycles. The number of hydrogen-bond acceptors (Lipinski definition) is 4. The Labute approximate surface area is 187 Å². The van der Waals surface area contributed by atoms with Crippen LogP contribution in [0.15, 0.2) is 35.3 Å². The third-order valence-corrected chi connectivity index (χ3v) is 6.35. The van der Waals surface area contributed by atoms with Gasteiger partial charge in [0.1, 0.15) is 0 Å². The van der Waals surface area contributed by atoms with Gasteiger partial charge in [0.2, 0.25) is 10.0 Å². The average Bonchev–Trinajstić information content (AvgIpc) is 2.70. The number of benzene rings is 1. The van der Waals surface area contributed by atoms with Crippen molar-refractivity contribution < 1.29 is 8.42 Å². The normalized spacial score (nSPS) is 17.1. The Hall–Kier alpha value is -0.910. The monoisotopic (exact) mass is 523 g/mol.